The first-order valence-electron chi connectivity index (χ1n) is 8.45. The van der Waals surface area contributed by atoms with Gasteiger partial charge < -0.3 is 9.64 Å². The third-order valence-corrected chi connectivity index (χ3v) is 4.74. The molecular formula is C19H27NO2. The van der Waals surface area contributed by atoms with Gasteiger partial charge in [-0.05, 0) is 42.7 Å². The highest BCUT2D eigenvalue weighted by atomic mass is 16.5. The van der Waals surface area contributed by atoms with Crippen molar-refractivity contribution in [2.24, 2.45) is 11.3 Å². The number of nitrogens with zero attached hydrogens (tertiary/aromatic N) is 1. The van der Waals surface area contributed by atoms with E-state index in [1.807, 2.05) is 18.2 Å². The van der Waals surface area contributed by atoms with E-state index in [9.17, 15) is 4.79 Å². The molecular weight excluding hydrogens is 274 g/mol. The van der Waals surface area contributed by atoms with Gasteiger partial charge in [0, 0.05) is 12.6 Å². The normalized spacial score (nSPS) is 24.8. The largest absolute Gasteiger partial charge is 0.492 e. The number of likely N-dealkylation sites (tertiary alicyclic amines) is 1. The van der Waals surface area contributed by atoms with Crippen molar-refractivity contribution in [3.8, 4) is 5.75 Å². The smallest absolute Gasteiger partial charge is 0.229 e. The molecule has 1 saturated heterocycles. The Hall–Kier alpha value is -1.51. The molecule has 2 atom stereocenters. The van der Waals surface area contributed by atoms with Crippen LogP contribution >= 0.6 is 0 Å². The van der Waals surface area contributed by atoms with E-state index < -0.39 is 0 Å². The van der Waals surface area contributed by atoms with Crippen molar-refractivity contribution < 1.29 is 9.53 Å². The summed E-state index contributed by atoms with van der Waals surface area (Å²) in [6, 6.07) is 8.48. The Balaban J connectivity index is 1.69. The van der Waals surface area contributed by atoms with Gasteiger partial charge >= 0.3 is 0 Å². The van der Waals surface area contributed by atoms with Gasteiger partial charge in [-0.2, -0.15) is 0 Å². The molecule has 0 radical (unpaired) electrons. The van der Waals surface area contributed by atoms with Crippen LogP contribution in [0.25, 0.3) is 0 Å². The topological polar surface area (TPSA) is 29.5 Å². The van der Waals surface area contributed by atoms with E-state index in [1.165, 1.54) is 5.56 Å². The van der Waals surface area contributed by atoms with Gasteiger partial charge in [-0.3, -0.25) is 4.79 Å². The number of hydrogen-bond acceptors (Lipinski definition) is 2. The molecule has 1 aromatic rings. The number of benzene rings is 1. The molecule has 2 aliphatic heterocycles. The average molecular weight is 301 g/mol. The summed E-state index contributed by atoms with van der Waals surface area (Å²) in [4.78, 5) is 15.1. The van der Waals surface area contributed by atoms with E-state index in [1.54, 1.807) is 0 Å². The zero-order chi connectivity index (χ0) is 15.7. The van der Waals surface area contributed by atoms with Gasteiger partial charge in [-0.25, -0.2) is 0 Å². The highest BCUT2D eigenvalue weighted by Gasteiger charge is 2.36. The Bertz CT molecular complexity index is 547. The van der Waals surface area contributed by atoms with Gasteiger partial charge in [-0.1, -0.05) is 39.0 Å². The van der Waals surface area contributed by atoms with Crippen molar-refractivity contribution in [3.63, 3.8) is 0 Å². The molecule has 1 amide bonds. The molecule has 120 valence electrons. The molecule has 2 aliphatic rings. The van der Waals surface area contributed by atoms with Crippen molar-refractivity contribution in [1.82, 2.24) is 4.90 Å². The van der Waals surface area contributed by atoms with E-state index >= 15 is 0 Å². The lowest BCUT2D eigenvalue weighted by atomic mass is 9.86. The number of carbonyl (C=O) groups is 1. The van der Waals surface area contributed by atoms with Gasteiger partial charge in [0.2, 0.25) is 5.91 Å². The second-order valence-electron chi connectivity index (χ2n) is 7.91. The predicted octanol–water partition coefficient (Wildman–Crippen LogP) is 3.66. The van der Waals surface area contributed by atoms with Crippen molar-refractivity contribution in [2.75, 3.05) is 13.2 Å². The minimum atomic E-state index is -0.0181. The lowest BCUT2D eigenvalue weighted by Crippen LogP contribution is -2.44. The lowest BCUT2D eigenvalue weighted by Gasteiger charge is -2.34. The van der Waals surface area contributed by atoms with E-state index in [2.05, 4.69) is 31.7 Å². The quantitative estimate of drug-likeness (QED) is 0.834. The van der Waals surface area contributed by atoms with Gasteiger partial charge in [0.15, 0.2) is 0 Å². The first-order valence-corrected chi connectivity index (χ1v) is 8.45. The second-order valence-corrected chi connectivity index (χ2v) is 7.91. The molecule has 2 unspecified atom stereocenters. The maximum atomic E-state index is 13.0. The fourth-order valence-electron chi connectivity index (χ4n) is 3.77. The minimum Gasteiger partial charge on any atom is -0.492 e. The Labute approximate surface area is 133 Å². The molecule has 22 heavy (non-hydrogen) atoms. The molecule has 0 saturated carbocycles. The Morgan fingerprint density at radius 2 is 2.09 bits per heavy atom. The van der Waals surface area contributed by atoms with Crippen molar-refractivity contribution in [1.29, 1.82) is 0 Å². The maximum absolute atomic E-state index is 13.0. The monoisotopic (exact) mass is 301 g/mol. The number of ether oxygens (including phenoxy) is 1. The van der Waals surface area contributed by atoms with E-state index in [0.29, 0.717) is 18.6 Å². The highest BCUT2D eigenvalue weighted by molar-refractivity contribution is 5.80. The summed E-state index contributed by atoms with van der Waals surface area (Å²) in [6.07, 6.45) is 4.18. The average Bonchev–Trinajstić information content (AvgIpc) is 2.92. The van der Waals surface area contributed by atoms with Crippen LogP contribution in [0.4, 0.5) is 0 Å². The van der Waals surface area contributed by atoms with Crippen molar-refractivity contribution in [2.45, 2.75) is 52.5 Å². The first kappa shape index (κ1) is 15.4. The van der Waals surface area contributed by atoms with Crippen LogP contribution < -0.4 is 4.74 Å². The molecule has 3 rings (SSSR count). The van der Waals surface area contributed by atoms with Crippen molar-refractivity contribution >= 4 is 5.91 Å². The Kier molecular flexibility index (Phi) is 4.16. The minimum absolute atomic E-state index is 0.0181. The zero-order valence-corrected chi connectivity index (χ0v) is 14.0. The standard InChI is InChI=1S/C19H27NO2/c1-19(2,3)12-16-8-6-10-20(16)18(21)15-11-14-7-4-5-9-17(14)22-13-15/h4-5,7,9,15-16H,6,8,10-13H2,1-3H3. The maximum Gasteiger partial charge on any atom is 0.229 e. The van der Waals surface area contributed by atoms with Crippen LogP contribution in [0.2, 0.25) is 0 Å². The molecule has 0 N–H and O–H groups in total. The lowest BCUT2D eigenvalue weighted by molar-refractivity contribution is -0.138. The number of para-hydroxylation sites is 1. The van der Waals surface area contributed by atoms with Crippen molar-refractivity contribution in [3.05, 3.63) is 29.8 Å². The SMILES string of the molecule is CC(C)(C)CC1CCCN1C(=O)C1COc2ccccc2C1. The number of carbonyl (C=O) groups excluding carboxylic acids is 1. The first-order chi connectivity index (χ1) is 10.4. The van der Waals surface area contributed by atoms with Crippen LogP contribution in [0.15, 0.2) is 24.3 Å². The molecule has 2 heterocycles. The molecule has 3 nitrogen and oxygen atoms in total. The summed E-state index contributed by atoms with van der Waals surface area (Å²) in [5, 5.41) is 0. The fourth-order valence-corrected chi connectivity index (χ4v) is 3.77. The number of rotatable bonds is 2. The third kappa shape index (κ3) is 3.29. The van der Waals surface area contributed by atoms with Gasteiger partial charge in [0.25, 0.3) is 0 Å². The Morgan fingerprint density at radius 3 is 2.86 bits per heavy atom. The third-order valence-electron chi connectivity index (χ3n) is 4.74. The van der Waals surface area contributed by atoms with Gasteiger partial charge in [0.1, 0.15) is 12.4 Å². The van der Waals surface area contributed by atoms with Crippen LogP contribution in [0.3, 0.4) is 0 Å². The molecule has 1 fully saturated rings. The second kappa shape index (κ2) is 5.94. The van der Waals surface area contributed by atoms with Crippen LogP contribution in [-0.4, -0.2) is 30.0 Å². The zero-order valence-electron chi connectivity index (χ0n) is 14.0. The summed E-state index contributed by atoms with van der Waals surface area (Å²) in [6.45, 7) is 8.21. The molecule has 0 aromatic heterocycles. The Morgan fingerprint density at radius 1 is 1.32 bits per heavy atom. The van der Waals surface area contributed by atoms with Gasteiger partial charge in [-0.15, -0.1) is 0 Å². The summed E-state index contributed by atoms with van der Waals surface area (Å²) < 4.78 is 5.81. The molecule has 0 aliphatic carbocycles. The summed E-state index contributed by atoms with van der Waals surface area (Å²) in [5.41, 5.74) is 1.43. The predicted molar refractivity (Wildman–Crippen MR) is 87.9 cm³/mol. The number of hydrogen-bond donors (Lipinski definition) is 0. The summed E-state index contributed by atoms with van der Waals surface area (Å²) >= 11 is 0. The van der Waals surface area contributed by atoms with Gasteiger partial charge in [0.05, 0.1) is 5.92 Å². The number of amides is 1. The highest BCUT2D eigenvalue weighted by Crippen LogP contribution is 2.33. The van der Waals surface area contributed by atoms with E-state index in [-0.39, 0.29) is 11.3 Å². The molecule has 1 aromatic carbocycles. The van der Waals surface area contributed by atoms with Crippen LogP contribution in [-0.2, 0) is 11.2 Å². The number of fused-ring (bicyclic) bond motifs is 1. The molecule has 3 heteroatoms. The summed E-state index contributed by atoms with van der Waals surface area (Å²) in [7, 11) is 0. The fraction of sp³-hybridized carbons (Fsp3) is 0.632. The van der Waals surface area contributed by atoms with Crippen LogP contribution in [0.1, 0.15) is 45.6 Å². The van der Waals surface area contributed by atoms with Crippen LogP contribution in [0, 0.1) is 11.3 Å². The molecule has 0 spiro atoms. The van der Waals surface area contributed by atoms with Crippen LogP contribution in [0.5, 0.6) is 5.75 Å². The van der Waals surface area contributed by atoms with E-state index in [4.69, 9.17) is 4.74 Å². The van der Waals surface area contributed by atoms with E-state index in [0.717, 1.165) is 38.0 Å². The molecule has 0 bridgehead atoms. The summed E-state index contributed by atoms with van der Waals surface area (Å²) in [5.74, 6) is 1.22.